The van der Waals surface area contributed by atoms with Crippen molar-refractivity contribution in [3.05, 3.63) is 0 Å². The molecule has 0 radical (unpaired) electrons. The van der Waals surface area contributed by atoms with E-state index in [-0.39, 0.29) is 18.1 Å². The molecule has 6 heteroatoms. The smallest absolute Gasteiger partial charge is 0.407 e. The van der Waals surface area contributed by atoms with Gasteiger partial charge in [0.15, 0.2) is 0 Å². The fourth-order valence-corrected chi connectivity index (χ4v) is 2.84. The van der Waals surface area contributed by atoms with Crippen LogP contribution in [0, 0.1) is 11.8 Å². The summed E-state index contributed by atoms with van der Waals surface area (Å²) in [5.74, 6) is -0.553. The summed E-state index contributed by atoms with van der Waals surface area (Å²) in [6.07, 6.45) is 3.12. The number of alkyl carbamates (subject to hydrolysis) is 1. The number of carbonyl (C=O) groups excluding carboxylic acids is 1. The zero-order valence-electron chi connectivity index (χ0n) is 11.3. The quantitative estimate of drug-likeness (QED) is 0.807. The van der Waals surface area contributed by atoms with Gasteiger partial charge < -0.3 is 19.9 Å². The van der Waals surface area contributed by atoms with Gasteiger partial charge in [0.1, 0.15) is 6.04 Å². The Bertz CT molecular complexity index is 355. The fraction of sp³-hybridized carbons (Fsp3) is 0.846. The standard InChI is InChI=1S/C13H21NO5/c1-7-5-9(6-10(19-7)8-3-4-8)11(12(15)16)14-13(17)18-2/h7-11H,3-6H2,1-2H3,(H,14,17)(H,15,16)/t7-,9-,10+,11-/m0/s1. The number of ether oxygens (including phenoxy) is 2. The summed E-state index contributed by atoms with van der Waals surface area (Å²) >= 11 is 0. The molecule has 0 aromatic heterocycles. The van der Waals surface area contributed by atoms with Gasteiger partial charge in [0.25, 0.3) is 0 Å². The Balaban J connectivity index is 2.02. The molecule has 0 unspecified atom stereocenters. The maximum Gasteiger partial charge on any atom is 0.407 e. The molecule has 6 nitrogen and oxygen atoms in total. The number of nitrogens with one attached hydrogen (secondary N) is 1. The average Bonchev–Trinajstić information content (AvgIpc) is 3.18. The van der Waals surface area contributed by atoms with Crippen LogP contribution < -0.4 is 5.32 Å². The van der Waals surface area contributed by atoms with Crippen LogP contribution in [0.2, 0.25) is 0 Å². The molecule has 0 aromatic carbocycles. The zero-order chi connectivity index (χ0) is 14.0. The van der Waals surface area contributed by atoms with Crippen molar-refractivity contribution in [2.75, 3.05) is 7.11 Å². The molecule has 1 heterocycles. The van der Waals surface area contributed by atoms with Crippen LogP contribution in [0.4, 0.5) is 4.79 Å². The van der Waals surface area contributed by atoms with Gasteiger partial charge in [0, 0.05) is 0 Å². The second kappa shape index (κ2) is 5.77. The second-order valence-electron chi connectivity index (χ2n) is 5.51. The lowest BCUT2D eigenvalue weighted by molar-refractivity contribution is -0.144. The largest absolute Gasteiger partial charge is 0.480 e. The first-order chi connectivity index (χ1) is 9.01. The predicted molar refractivity (Wildman–Crippen MR) is 66.7 cm³/mol. The summed E-state index contributed by atoms with van der Waals surface area (Å²) in [5, 5.41) is 11.7. The van der Waals surface area contributed by atoms with E-state index in [0.717, 1.165) is 12.8 Å². The number of carbonyl (C=O) groups is 2. The number of hydrogen-bond donors (Lipinski definition) is 2. The molecule has 0 aromatic rings. The molecule has 2 N–H and O–H groups in total. The number of rotatable bonds is 4. The number of hydrogen-bond acceptors (Lipinski definition) is 4. The SMILES string of the molecule is COC(=O)N[C@H](C(=O)O)[C@H]1C[C@H](C)O[C@@H](C2CC2)C1. The van der Waals surface area contributed by atoms with Crippen LogP contribution >= 0.6 is 0 Å². The predicted octanol–water partition coefficient (Wildman–Crippen LogP) is 1.39. The summed E-state index contributed by atoms with van der Waals surface area (Å²) in [4.78, 5) is 22.6. The van der Waals surface area contributed by atoms with Crippen LogP contribution in [0.15, 0.2) is 0 Å². The van der Waals surface area contributed by atoms with Gasteiger partial charge in [-0.3, -0.25) is 0 Å². The maximum atomic E-state index is 11.3. The third kappa shape index (κ3) is 3.59. The van der Waals surface area contributed by atoms with Crippen molar-refractivity contribution in [1.82, 2.24) is 5.32 Å². The lowest BCUT2D eigenvalue weighted by Crippen LogP contribution is -2.50. The minimum Gasteiger partial charge on any atom is -0.480 e. The van der Waals surface area contributed by atoms with Gasteiger partial charge in [-0.05, 0) is 44.4 Å². The number of carboxylic acids is 1. The number of aliphatic carboxylic acids is 1. The molecule has 1 amide bonds. The van der Waals surface area contributed by atoms with Gasteiger partial charge in [-0.2, -0.15) is 0 Å². The van der Waals surface area contributed by atoms with E-state index in [1.165, 1.54) is 7.11 Å². The number of carboxylic acid groups (broad SMARTS) is 1. The van der Waals surface area contributed by atoms with Crippen LogP contribution in [0.3, 0.4) is 0 Å². The normalized spacial score (nSPS) is 32.4. The summed E-state index contributed by atoms with van der Waals surface area (Å²) in [6, 6.07) is -0.903. The monoisotopic (exact) mass is 271 g/mol. The molecular weight excluding hydrogens is 250 g/mol. The average molecular weight is 271 g/mol. The fourth-order valence-electron chi connectivity index (χ4n) is 2.84. The highest BCUT2D eigenvalue weighted by atomic mass is 16.5. The molecule has 2 fully saturated rings. The van der Waals surface area contributed by atoms with Crippen molar-refractivity contribution < 1.29 is 24.2 Å². The zero-order valence-corrected chi connectivity index (χ0v) is 11.3. The van der Waals surface area contributed by atoms with Crippen molar-refractivity contribution in [2.45, 2.75) is 50.9 Å². The van der Waals surface area contributed by atoms with E-state index in [2.05, 4.69) is 10.1 Å². The van der Waals surface area contributed by atoms with Gasteiger partial charge in [0.05, 0.1) is 19.3 Å². The lowest BCUT2D eigenvalue weighted by Gasteiger charge is -2.36. The lowest BCUT2D eigenvalue weighted by atomic mass is 9.84. The molecule has 2 rings (SSSR count). The van der Waals surface area contributed by atoms with Crippen molar-refractivity contribution in [2.24, 2.45) is 11.8 Å². The minimum absolute atomic E-state index is 0.0330. The molecule has 0 bridgehead atoms. The van der Waals surface area contributed by atoms with E-state index >= 15 is 0 Å². The molecule has 1 saturated carbocycles. The maximum absolute atomic E-state index is 11.3. The molecule has 4 atom stereocenters. The minimum atomic E-state index is -1.01. The van der Waals surface area contributed by atoms with E-state index in [4.69, 9.17) is 4.74 Å². The molecule has 1 saturated heterocycles. The Morgan fingerprint density at radius 1 is 1.37 bits per heavy atom. The molecule has 0 spiro atoms. The van der Waals surface area contributed by atoms with Gasteiger partial charge in [-0.1, -0.05) is 0 Å². The Hall–Kier alpha value is -1.30. The van der Waals surface area contributed by atoms with Crippen LogP contribution in [0.1, 0.15) is 32.6 Å². The first-order valence-electron chi connectivity index (χ1n) is 6.74. The molecule has 1 aliphatic heterocycles. The van der Waals surface area contributed by atoms with E-state index in [1.54, 1.807) is 0 Å². The first-order valence-corrected chi connectivity index (χ1v) is 6.74. The second-order valence-corrected chi connectivity index (χ2v) is 5.51. The van der Waals surface area contributed by atoms with Crippen molar-refractivity contribution in [3.63, 3.8) is 0 Å². The Morgan fingerprint density at radius 3 is 2.58 bits per heavy atom. The highest BCUT2D eigenvalue weighted by molar-refractivity contribution is 5.80. The number of amides is 1. The topological polar surface area (TPSA) is 84.9 Å². The van der Waals surface area contributed by atoms with Crippen LogP contribution in [0.5, 0.6) is 0 Å². The highest BCUT2D eigenvalue weighted by Gasteiger charge is 2.42. The summed E-state index contributed by atoms with van der Waals surface area (Å²) in [6.45, 7) is 1.96. The van der Waals surface area contributed by atoms with Crippen molar-refractivity contribution in [3.8, 4) is 0 Å². The molecule has 19 heavy (non-hydrogen) atoms. The van der Waals surface area contributed by atoms with Crippen molar-refractivity contribution >= 4 is 12.1 Å². The Labute approximate surface area is 112 Å². The molecule has 108 valence electrons. The Kier molecular flexibility index (Phi) is 4.29. The molecule has 2 aliphatic rings. The molecule has 1 aliphatic carbocycles. The van der Waals surface area contributed by atoms with E-state index < -0.39 is 18.1 Å². The van der Waals surface area contributed by atoms with Crippen molar-refractivity contribution in [1.29, 1.82) is 0 Å². The summed E-state index contributed by atoms with van der Waals surface area (Å²) < 4.78 is 10.4. The van der Waals surface area contributed by atoms with E-state index in [1.807, 2.05) is 6.92 Å². The van der Waals surface area contributed by atoms with Gasteiger partial charge in [-0.15, -0.1) is 0 Å². The van der Waals surface area contributed by atoms with E-state index in [9.17, 15) is 14.7 Å². The van der Waals surface area contributed by atoms with Gasteiger partial charge >= 0.3 is 12.1 Å². The van der Waals surface area contributed by atoms with Crippen LogP contribution in [-0.2, 0) is 14.3 Å². The molecular formula is C13H21NO5. The van der Waals surface area contributed by atoms with Crippen LogP contribution in [-0.4, -0.2) is 42.5 Å². The van der Waals surface area contributed by atoms with Gasteiger partial charge in [-0.25, -0.2) is 9.59 Å². The first kappa shape index (κ1) is 14.1. The van der Waals surface area contributed by atoms with E-state index in [0.29, 0.717) is 18.8 Å². The third-order valence-electron chi connectivity index (χ3n) is 3.92. The summed E-state index contributed by atoms with van der Waals surface area (Å²) in [7, 11) is 1.23. The highest BCUT2D eigenvalue weighted by Crippen LogP contribution is 2.41. The third-order valence-corrected chi connectivity index (χ3v) is 3.92. The van der Waals surface area contributed by atoms with Crippen LogP contribution in [0.25, 0.3) is 0 Å². The Morgan fingerprint density at radius 2 is 2.05 bits per heavy atom. The van der Waals surface area contributed by atoms with Gasteiger partial charge in [0.2, 0.25) is 0 Å². The number of methoxy groups -OCH3 is 1. The summed E-state index contributed by atoms with van der Waals surface area (Å²) in [5.41, 5.74) is 0.